The molecule has 0 bridgehead atoms. The molecule has 0 spiro atoms. The first-order valence-electron chi connectivity index (χ1n) is 6.49. The standard InChI is InChI=1S/C13H19FN2O4S/c1-3-4-5-6-16-13(17)9-7-10(14)12(20-2)11(8-9)21(15,18)19/h7-8H,3-6H2,1-2H3,(H,16,17)(H2,15,18,19). The van der Waals surface area contributed by atoms with Crippen molar-refractivity contribution in [2.45, 2.75) is 31.1 Å². The van der Waals surface area contributed by atoms with Gasteiger partial charge in [-0.3, -0.25) is 4.79 Å². The monoisotopic (exact) mass is 318 g/mol. The van der Waals surface area contributed by atoms with Gasteiger partial charge >= 0.3 is 0 Å². The Labute approximate surface area is 123 Å². The molecular weight excluding hydrogens is 299 g/mol. The summed E-state index contributed by atoms with van der Waals surface area (Å²) in [5, 5.41) is 7.60. The minimum Gasteiger partial charge on any atom is -0.492 e. The maximum atomic E-state index is 13.8. The molecule has 0 radical (unpaired) electrons. The Hall–Kier alpha value is -1.67. The van der Waals surface area contributed by atoms with E-state index in [4.69, 9.17) is 5.14 Å². The SMILES string of the molecule is CCCCCNC(=O)c1cc(F)c(OC)c(S(N)(=O)=O)c1. The zero-order valence-corrected chi connectivity index (χ0v) is 12.8. The summed E-state index contributed by atoms with van der Waals surface area (Å²) >= 11 is 0. The number of unbranched alkanes of at least 4 members (excludes halogenated alkanes) is 2. The Morgan fingerprint density at radius 2 is 2.05 bits per heavy atom. The van der Waals surface area contributed by atoms with E-state index in [1.54, 1.807) is 0 Å². The second kappa shape index (κ2) is 7.37. The second-order valence-electron chi connectivity index (χ2n) is 4.50. The van der Waals surface area contributed by atoms with Crippen LogP contribution in [0, 0.1) is 5.82 Å². The first kappa shape index (κ1) is 17.4. The molecule has 0 atom stereocenters. The molecular formula is C13H19FN2O4S. The van der Waals surface area contributed by atoms with Crippen molar-refractivity contribution in [3.05, 3.63) is 23.5 Å². The molecule has 1 aromatic carbocycles. The van der Waals surface area contributed by atoms with E-state index in [0.29, 0.717) is 6.54 Å². The zero-order chi connectivity index (χ0) is 16.0. The molecule has 0 aliphatic rings. The van der Waals surface area contributed by atoms with Gasteiger partial charge in [0.15, 0.2) is 11.6 Å². The van der Waals surface area contributed by atoms with Crippen molar-refractivity contribution in [2.24, 2.45) is 5.14 Å². The molecule has 8 heteroatoms. The largest absolute Gasteiger partial charge is 0.492 e. The van der Waals surface area contributed by atoms with E-state index in [1.165, 1.54) is 0 Å². The van der Waals surface area contributed by atoms with Crippen molar-refractivity contribution in [1.82, 2.24) is 5.32 Å². The Kier molecular flexibility index (Phi) is 6.10. The van der Waals surface area contributed by atoms with Crippen LogP contribution in [-0.4, -0.2) is 28.0 Å². The molecule has 0 aliphatic heterocycles. The maximum Gasteiger partial charge on any atom is 0.251 e. The number of nitrogens with one attached hydrogen (secondary N) is 1. The van der Waals surface area contributed by atoms with E-state index in [9.17, 15) is 17.6 Å². The molecule has 0 aliphatic carbocycles. The average Bonchev–Trinajstić information content (AvgIpc) is 2.41. The number of amides is 1. The highest BCUT2D eigenvalue weighted by Gasteiger charge is 2.22. The van der Waals surface area contributed by atoms with Gasteiger partial charge in [0.05, 0.1) is 7.11 Å². The number of rotatable bonds is 7. The topological polar surface area (TPSA) is 98.5 Å². The smallest absolute Gasteiger partial charge is 0.251 e. The normalized spacial score (nSPS) is 11.2. The highest BCUT2D eigenvalue weighted by atomic mass is 32.2. The number of hydrogen-bond acceptors (Lipinski definition) is 4. The fourth-order valence-electron chi connectivity index (χ4n) is 1.79. The molecule has 118 valence electrons. The number of hydrogen-bond donors (Lipinski definition) is 2. The summed E-state index contributed by atoms with van der Waals surface area (Å²) in [6.07, 6.45) is 2.76. The Morgan fingerprint density at radius 1 is 1.38 bits per heavy atom. The first-order chi connectivity index (χ1) is 9.81. The van der Waals surface area contributed by atoms with Gasteiger partial charge in [0.25, 0.3) is 5.91 Å². The molecule has 6 nitrogen and oxygen atoms in total. The van der Waals surface area contributed by atoms with Crippen molar-refractivity contribution in [1.29, 1.82) is 0 Å². The molecule has 1 amide bonds. The predicted octanol–water partition coefficient (Wildman–Crippen LogP) is 1.40. The summed E-state index contributed by atoms with van der Waals surface area (Å²) in [4.78, 5) is 11.3. The Balaban J connectivity index is 3.04. The molecule has 0 aromatic heterocycles. The van der Waals surface area contributed by atoms with Gasteiger partial charge in [-0.25, -0.2) is 17.9 Å². The highest BCUT2D eigenvalue weighted by molar-refractivity contribution is 7.89. The molecule has 1 aromatic rings. The van der Waals surface area contributed by atoms with Crippen LogP contribution in [0.25, 0.3) is 0 Å². The lowest BCUT2D eigenvalue weighted by Gasteiger charge is -2.11. The van der Waals surface area contributed by atoms with Crippen LogP contribution >= 0.6 is 0 Å². The van der Waals surface area contributed by atoms with Gasteiger partial charge in [0, 0.05) is 12.1 Å². The minimum atomic E-state index is -4.20. The van der Waals surface area contributed by atoms with Crippen LogP contribution in [0.4, 0.5) is 4.39 Å². The van der Waals surface area contributed by atoms with Gasteiger partial charge in [-0.1, -0.05) is 19.8 Å². The van der Waals surface area contributed by atoms with E-state index in [1.807, 2.05) is 6.92 Å². The molecule has 3 N–H and O–H groups in total. The lowest BCUT2D eigenvalue weighted by atomic mass is 10.2. The molecule has 1 rings (SSSR count). The first-order valence-corrected chi connectivity index (χ1v) is 8.04. The number of sulfonamides is 1. The molecule has 0 fully saturated rings. The predicted molar refractivity (Wildman–Crippen MR) is 76.2 cm³/mol. The summed E-state index contributed by atoms with van der Waals surface area (Å²) in [6, 6.07) is 1.93. The van der Waals surface area contributed by atoms with Crippen LogP contribution in [0.2, 0.25) is 0 Å². The molecule has 0 saturated heterocycles. The van der Waals surface area contributed by atoms with Gasteiger partial charge in [0.1, 0.15) is 4.90 Å². The van der Waals surface area contributed by atoms with Gasteiger partial charge in [0.2, 0.25) is 10.0 Å². The average molecular weight is 318 g/mol. The minimum absolute atomic E-state index is 0.117. The van der Waals surface area contributed by atoms with Crippen molar-refractivity contribution in [3.8, 4) is 5.75 Å². The fourth-order valence-corrected chi connectivity index (χ4v) is 2.52. The van der Waals surface area contributed by atoms with Gasteiger partial charge in [-0.2, -0.15) is 0 Å². The number of carbonyl (C=O) groups is 1. The number of nitrogens with two attached hydrogens (primary N) is 1. The van der Waals surface area contributed by atoms with Crippen molar-refractivity contribution >= 4 is 15.9 Å². The van der Waals surface area contributed by atoms with E-state index in [0.717, 1.165) is 38.5 Å². The summed E-state index contributed by atoms with van der Waals surface area (Å²) in [5.41, 5.74) is -0.117. The zero-order valence-electron chi connectivity index (χ0n) is 12.0. The quantitative estimate of drug-likeness (QED) is 0.742. The molecule has 0 heterocycles. The number of methoxy groups -OCH3 is 1. The third kappa shape index (κ3) is 4.68. The van der Waals surface area contributed by atoms with E-state index in [2.05, 4.69) is 10.1 Å². The fraction of sp³-hybridized carbons (Fsp3) is 0.462. The molecule has 0 unspecified atom stereocenters. The molecule has 21 heavy (non-hydrogen) atoms. The number of ether oxygens (including phenoxy) is 1. The summed E-state index contributed by atoms with van der Waals surface area (Å²) < 4.78 is 41.4. The van der Waals surface area contributed by atoms with Crippen LogP contribution < -0.4 is 15.2 Å². The third-order valence-electron chi connectivity index (χ3n) is 2.85. The lowest BCUT2D eigenvalue weighted by Crippen LogP contribution is -2.25. The van der Waals surface area contributed by atoms with Crippen LogP contribution in [0.1, 0.15) is 36.5 Å². The highest BCUT2D eigenvalue weighted by Crippen LogP contribution is 2.27. The maximum absolute atomic E-state index is 13.8. The number of primary sulfonamides is 1. The van der Waals surface area contributed by atoms with Crippen LogP contribution in [0.3, 0.4) is 0 Å². The van der Waals surface area contributed by atoms with E-state index < -0.39 is 32.4 Å². The lowest BCUT2D eigenvalue weighted by molar-refractivity contribution is 0.0952. The Bertz CT molecular complexity index is 617. The summed E-state index contributed by atoms with van der Waals surface area (Å²) in [7, 11) is -3.08. The van der Waals surface area contributed by atoms with Crippen molar-refractivity contribution in [2.75, 3.05) is 13.7 Å². The summed E-state index contributed by atoms with van der Waals surface area (Å²) in [5.74, 6) is -2.01. The molecule has 0 saturated carbocycles. The van der Waals surface area contributed by atoms with Gasteiger partial charge < -0.3 is 10.1 Å². The third-order valence-corrected chi connectivity index (χ3v) is 3.76. The number of benzene rings is 1. The second-order valence-corrected chi connectivity index (χ2v) is 6.03. The number of halogens is 1. The van der Waals surface area contributed by atoms with E-state index >= 15 is 0 Å². The van der Waals surface area contributed by atoms with Gasteiger partial charge in [-0.05, 0) is 18.6 Å². The van der Waals surface area contributed by atoms with Crippen molar-refractivity contribution < 1.29 is 22.3 Å². The number of carbonyl (C=O) groups excluding carboxylic acids is 1. The van der Waals surface area contributed by atoms with Crippen molar-refractivity contribution in [3.63, 3.8) is 0 Å². The Morgan fingerprint density at radius 3 is 2.57 bits per heavy atom. The van der Waals surface area contributed by atoms with Crippen LogP contribution in [0.5, 0.6) is 5.75 Å². The summed E-state index contributed by atoms with van der Waals surface area (Å²) in [6.45, 7) is 2.46. The van der Waals surface area contributed by atoms with Crippen LogP contribution in [0.15, 0.2) is 17.0 Å². The van der Waals surface area contributed by atoms with E-state index in [-0.39, 0.29) is 5.56 Å². The van der Waals surface area contributed by atoms with Crippen LogP contribution in [-0.2, 0) is 10.0 Å². The van der Waals surface area contributed by atoms with Gasteiger partial charge in [-0.15, -0.1) is 0 Å².